The maximum absolute atomic E-state index is 12.8. The van der Waals surface area contributed by atoms with Gasteiger partial charge in [-0.15, -0.1) is 0 Å². The summed E-state index contributed by atoms with van der Waals surface area (Å²) in [5.74, 6) is 0.770. The van der Waals surface area contributed by atoms with Gasteiger partial charge in [0.2, 0.25) is 0 Å². The van der Waals surface area contributed by atoms with Crippen LogP contribution in [0.5, 0.6) is 0 Å². The van der Waals surface area contributed by atoms with Gasteiger partial charge in [0.1, 0.15) is 11.5 Å². The second kappa shape index (κ2) is 12.7. The Balaban J connectivity index is 1.68. The summed E-state index contributed by atoms with van der Waals surface area (Å²) in [5.41, 5.74) is 2.14. The standard InChI is InChI=1S/C25H37ClN4O3S/c1-4-5-9-14-30(34(32)33)25(31)24-18-29(19(2)27-24)17-21-12-13-22(15-23(21)26)28(3)16-20-10-7-6-8-11-20/h12-13,15,18,20H,4-11,14,16-17H2,1-3H3,(H,32,33)/p-1. The lowest BCUT2D eigenvalue weighted by molar-refractivity contribution is 0.0852. The number of halogens is 1. The number of carbonyl (C=O) groups excluding carboxylic acids is 1. The van der Waals surface area contributed by atoms with Crippen LogP contribution in [-0.4, -0.2) is 48.7 Å². The largest absolute Gasteiger partial charge is 0.755 e. The molecule has 1 aromatic carbocycles. The highest BCUT2D eigenvalue weighted by atomic mass is 35.5. The van der Waals surface area contributed by atoms with Crippen LogP contribution in [0.4, 0.5) is 5.69 Å². The highest BCUT2D eigenvalue weighted by Gasteiger charge is 2.21. The second-order valence-corrected chi connectivity index (χ2v) is 10.6. The molecule has 0 aliphatic heterocycles. The Kier molecular flexibility index (Phi) is 9.97. The van der Waals surface area contributed by atoms with Crippen LogP contribution in [0.25, 0.3) is 0 Å². The van der Waals surface area contributed by atoms with Crippen molar-refractivity contribution in [3.05, 3.63) is 46.5 Å². The molecule has 1 heterocycles. The number of aryl methyl sites for hydroxylation is 1. The van der Waals surface area contributed by atoms with Gasteiger partial charge >= 0.3 is 0 Å². The van der Waals surface area contributed by atoms with Crippen LogP contribution in [0.3, 0.4) is 0 Å². The summed E-state index contributed by atoms with van der Waals surface area (Å²) < 4.78 is 25.9. The molecule has 0 bridgehead atoms. The summed E-state index contributed by atoms with van der Waals surface area (Å²) in [4.78, 5) is 19.4. The van der Waals surface area contributed by atoms with Crippen LogP contribution in [0.2, 0.25) is 5.02 Å². The van der Waals surface area contributed by atoms with Crippen LogP contribution in [-0.2, 0) is 17.8 Å². The van der Waals surface area contributed by atoms with E-state index in [0.717, 1.165) is 40.9 Å². The minimum absolute atomic E-state index is 0.123. The van der Waals surface area contributed by atoms with Gasteiger partial charge in [-0.1, -0.05) is 56.7 Å². The van der Waals surface area contributed by atoms with E-state index < -0.39 is 17.2 Å². The summed E-state index contributed by atoms with van der Waals surface area (Å²) in [6.07, 6.45) is 10.6. The molecule has 1 saturated carbocycles. The Hall–Kier alpha value is -1.90. The average molecular weight is 508 g/mol. The van der Waals surface area contributed by atoms with Gasteiger partial charge < -0.3 is 14.0 Å². The van der Waals surface area contributed by atoms with Crippen LogP contribution in [0.15, 0.2) is 24.4 Å². The lowest BCUT2D eigenvalue weighted by Gasteiger charge is -2.28. The van der Waals surface area contributed by atoms with Crippen molar-refractivity contribution in [3.8, 4) is 0 Å². The SMILES string of the molecule is CCCCCN(C(=O)c1cn(Cc2ccc(N(C)CC3CCCCC3)cc2Cl)c(C)n1)S(=O)[O-]. The van der Waals surface area contributed by atoms with Gasteiger partial charge in [-0.25, -0.2) is 4.98 Å². The first-order valence-corrected chi connectivity index (χ1v) is 13.7. The number of carbonyl (C=O) groups is 1. The summed E-state index contributed by atoms with van der Waals surface area (Å²) in [6.45, 7) is 5.48. The van der Waals surface area contributed by atoms with Crippen molar-refractivity contribution >= 4 is 34.5 Å². The molecule has 34 heavy (non-hydrogen) atoms. The second-order valence-electron chi connectivity index (χ2n) is 9.29. The maximum atomic E-state index is 12.8. The Bertz CT molecular complexity index is 991. The Morgan fingerprint density at radius 2 is 2.00 bits per heavy atom. The topological polar surface area (TPSA) is 81.5 Å². The normalized spacial score (nSPS) is 15.3. The molecule has 1 aromatic heterocycles. The van der Waals surface area contributed by atoms with Gasteiger partial charge in [0.25, 0.3) is 5.91 Å². The van der Waals surface area contributed by atoms with Gasteiger partial charge in [-0.05, 0) is 49.8 Å². The van der Waals surface area contributed by atoms with Crippen molar-refractivity contribution in [3.63, 3.8) is 0 Å². The van der Waals surface area contributed by atoms with Crippen molar-refractivity contribution in [1.29, 1.82) is 0 Å². The lowest BCUT2D eigenvalue weighted by atomic mass is 9.89. The third-order valence-electron chi connectivity index (χ3n) is 6.64. The zero-order valence-corrected chi connectivity index (χ0v) is 22.0. The van der Waals surface area contributed by atoms with Crippen LogP contribution in [0.1, 0.15) is 80.2 Å². The predicted octanol–water partition coefficient (Wildman–Crippen LogP) is 5.34. The summed E-state index contributed by atoms with van der Waals surface area (Å²) in [7, 11) is 2.12. The fourth-order valence-electron chi connectivity index (χ4n) is 4.60. The van der Waals surface area contributed by atoms with Gasteiger partial charge in [-0.2, -0.15) is 0 Å². The van der Waals surface area contributed by atoms with Crippen LogP contribution >= 0.6 is 11.6 Å². The molecule has 188 valence electrons. The zero-order valence-electron chi connectivity index (χ0n) is 20.5. The van der Waals surface area contributed by atoms with Crippen molar-refractivity contribution in [2.75, 3.05) is 25.0 Å². The molecule has 1 aliphatic rings. The van der Waals surface area contributed by atoms with Gasteiger partial charge in [0.15, 0.2) is 0 Å². The van der Waals surface area contributed by atoms with Crippen molar-refractivity contribution in [2.45, 2.75) is 71.8 Å². The number of imidazole rings is 1. The van der Waals surface area contributed by atoms with Crippen LogP contribution in [0, 0.1) is 12.8 Å². The number of nitrogens with zero attached hydrogens (tertiary/aromatic N) is 4. The molecule has 7 nitrogen and oxygen atoms in total. The average Bonchev–Trinajstić information content (AvgIpc) is 3.18. The molecule has 1 atom stereocenters. The number of rotatable bonds is 11. The Morgan fingerprint density at radius 1 is 1.26 bits per heavy atom. The molecule has 1 fully saturated rings. The minimum Gasteiger partial charge on any atom is -0.755 e. The molecule has 2 aromatic rings. The van der Waals surface area contributed by atoms with E-state index >= 15 is 0 Å². The van der Waals surface area contributed by atoms with E-state index in [0.29, 0.717) is 23.8 Å². The van der Waals surface area contributed by atoms with Crippen molar-refractivity contribution < 1.29 is 13.6 Å². The highest BCUT2D eigenvalue weighted by molar-refractivity contribution is 7.77. The monoisotopic (exact) mass is 507 g/mol. The molecular weight excluding hydrogens is 472 g/mol. The number of anilines is 1. The number of hydrogen-bond acceptors (Lipinski definition) is 5. The summed E-state index contributed by atoms with van der Waals surface area (Å²) in [6, 6.07) is 6.09. The molecule has 0 spiro atoms. The van der Waals surface area contributed by atoms with Crippen molar-refractivity contribution in [1.82, 2.24) is 13.9 Å². The summed E-state index contributed by atoms with van der Waals surface area (Å²) >= 11 is 4.01. The molecule has 1 unspecified atom stereocenters. The lowest BCUT2D eigenvalue weighted by Crippen LogP contribution is -2.33. The van der Waals surface area contributed by atoms with Gasteiger partial charge in [-0.3, -0.25) is 13.3 Å². The van der Waals surface area contributed by atoms with Gasteiger partial charge in [0, 0.05) is 37.0 Å². The zero-order chi connectivity index (χ0) is 24.7. The van der Waals surface area contributed by atoms with E-state index in [1.807, 2.05) is 23.6 Å². The first-order chi connectivity index (χ1) is 16.3. The molecular formula is C25H36ClN4O3S-. The first kappa shape index (κ1) is 26.7. The predicted molar refractivity (Wildman–Crippen MR) is 137 cm³/mol. The molecule has 0 radical (unpaired) electrons. The number of hydrogen-bond donors (Lipinski definition) is 0. The number of amides is 1. The van der Waals surface area contributed by atoms with Gasteiger partial charge in [0.05, 0.1) is 17.8 Å². The fraction of sp³-hybridized carbons (Fsp3) is 0.600. The van der Waals surface area contributed by atoms with E-state index in [-0.39, 0.29) is 12.2 Å². The van der Waals surface area contributed by atoms with E-state index in [9.17, 15) is 13.6 Å². The van der Waals surface area contributed by atoms with E-state index in [1.54, 1.807) is 13.1 Å². The van der Waals surface area contributed by atoms with E-state index in [1.165, 1.54) is 32.1 Å². The molecule has 0 saturated heterocycles. The quantitative estimate of drug-likeness (QED) is 0.303. The number of benzene rings is 1. The van der Waals surface area contributed by atoms with Crippen LogP contribution < -0.4 is 4.90 Å². The molecule has 1 aliphatic carbocycles. The molecule has 0 N–H and O–H groups in total. The molecule has 1 amide bonds. The van der Waals surface area contributed by atoms with Crippen molar-refractivity contribution in [2.24, 2.45) is 5.92 Å². The minimum atomic E-state index is -2.63. The fourth-order valence-corrected chi connectivity index (χ4v) is 5.34. The highest BCUT2D eigenvalue weighted by Crippen LogP contribution is 2.28. The molecule has 3 rings (SSSR count). The Labute approximate surface area is 210 Å². The number of aromatic nitrogens is 2. The first-order valence-electron chi connectivity index (χ1n) is 12.2. The Morgan fingerprint density at radius 3 is 2.65 bits per heavy atom. The van der Waals surface area contributed by atoms with E-state index in [2.05, 4.69) is 23.0 Å². The summed E-state index contributed by atoms with van der Waals surface area (Å²) in [5, 5.41) is 0.663. The molecule has 9 heteroatoms. The third kappa shape index (κ3) is 7.06. The maximum Gasteiger partial charge on any atom is 0.284 e. The number of unbranched alkanes of at least 4 members (excludes halogenated alkanes) is 2. The van der Waals surface area contributed by atoms with E-state index in [4.69, 9.17) is 11.6 Å². The third-order valence-corrected chi connectivity index (χ3v) is 7.70. The smallest absolute Gasteiger partial charge is 0.284 e.